The molecule has 0 saturated heterocycles. The summed E-state index contributed by atoms with van der Waals surface area (Å²) >= 11 is 0. The van der Waals surface area contributed by atoms with Crippen molar-refractivity contribution in [1.82, 2.24) is 15.5 Å². The second-order valence-electron chi connectivity index (χ2n) is 7.93. The highest BCUT2D eigenvalue weighted by molar-refractivity contribution is 14.0. The molecule has 0 fully saturated rings. The minimum absolute atomic E-state index is 0. The fraction of sp³-hybridized carbons (Fsp3) is 0.458. The first-order chi connectivity index (χ1) is 15.2. The van der Waals surface area contributed by atoms with Gasteiger partial charge in [-0.15, -0.1) is 24.0 Å². The van der Waals surface area contributed by atoms with Gasteiger partial charge < -0.3 is 24.8 Å². The van der Waals surface area contributed by atoms with Gasteiger partial charge in [-0.05, 0) is 41.3 Å². The zero-order valence-corrected chi connectivity index (χ0v) is 21.3. The first-order valence-electron chi connectivity index (χ1n) is 10.9. The van der Waals surface area contributed by atoms with E-state index in [9.17, 15) is 0 Å². The Labute approximate surface area is 207 Å². The number of fused-ring (bicyclic) bond motifs is 2. The number of rotatable bonds is 7. The molecule has 0 radical (unpaired) electrons. The van der Waals surface area contributed by atoms with E-state index >= 15 is 0 Å². The Balaban J connectivity index is 0.00000289. The minimum atomic E-state index is 0. The molecule has 32 heavy (non-hydrogen) atoms. The van der Waals surface area contributed by atoms with Crippen molar-refractivity contribution >= 4 is 29.9 Å². The molecular weight excluding hydrogens is 519 g/mol. The Morgan fingerprint density at radius 2 is 1.84 bits per heavy atom. The number of ether oxygens (including phenoxy) is 3. The first kappa shape index (κ1) is 24.4. The molecule has 2 aromatic rings. The summed E-state index contributed by atoms with van der Waals surface area (Å²) in [5, 5.41) is 6.82. The summed E-state index contributed by atoms with van der Waals surface area (Å²) in [5.41, 5.74) is 3.93. The number of guanidine groups is 1. The van der Waals surface area contributed by atoms with E-state index in [1.165, 1.54) is 16.7 Å². The molecule has 0 spiro atoms. The van der Waals surface area contributed by atoms with Crippen molar-refractivity contribution in [3.8, 4) is 17.2 Å². The van der Waals surface area contributed by atoms with Gasteiger partial charge in [-0.25, -0.2) is 0 Å². The first-order valence-corrected chi connectivity index (χ1v) is 10.9. The highest BCUT2D eigenvalue weighted by Crippen LogP contribution is 2.33. The lowest BCUT2D eigenvalue weighted by molar-refractivity contribution is 0.234. The zero-order valence-electron chi connectivity index (χ0n) is 19.0. The summed E-state index contributed by atoms with van der Waals surface area (Å²) in [6, 6.07) is 12.5. The monoisotopic (exact) mass is 552 g/mol. The van der Waals surface area contributed by atoms with Crippen LogP contribution in [-0.4, -0.2) is 64.4 Å². The van der Waals surface area contributed by atoms with Crippen LogP contribution in [0, 0.1) is 0 Å². The molecule has 1 unspecified atom stereocenters. The van der Waals surface area contributed by atoms with Crippen molar-refractivity contribution in [3.63, 3.8) is 0 Å². The van der Waals surface area contributed by atoms with Crippen LogP contribution in [0.2, 0.25) is 0 Å². The number of benzene rings is 2. The molecule has 1 atom stereocenters. The third-order valence-corrected chi connectivity index (χ3v) is 5.95. The van der Waals surface area contributed by atoms with E-state index in [2.05, 4.69) is 44.8 Å². The van der Waals surface area contributed by atoms with Gasteiger partial charge in [-0.1, -0.05) is 18.2 Å². The third-order valence-electron chi connectivity index (χ3n) is 5.95. The van der Waals surface area contributed by atoms with Gasteiger partial charge in [0.15, 0.2) is 17.5 Å². The third kappa shape index (κ3) is 5.78. The topological polar surface area (TPSA) is 67.4 Å². The van der Waals surface area contributed by atoms with Crippen LogP contribution in [0.15, 0.2) is 41.4 Å². The zero-order chi connectivity index (χ0) is 21.6. The molecule has 4 rings (SSSR count). The molecular formula is C24H33IN4O3. The van der Waals surface area contributed by atoms with Crippen LogP contribution >= 0.6 is 24.0 Å². The molecule has 2 N–H and O–H groups in total. The number of hydrogen-bond donors (Lipinski definition) is 2. The maximum Gasteiger partial charge on any atom is 0.191 e. The highest BCUT2D eigenvalue weighted by Gasteiger charge is 2.22. The summed E-state index contributed by atoms with van der Waals surface area (Å²) in [5.74, 6) is 3.41. The lowest BCUT2D eigenvalue weighted by Gasteiger charge is -2.29. The molecule has 0 amide bonds. The van der Waals surface area contributed by atoms with Gasteiger partial charge in [0, 0.05) is 39.6 Å². The number of halogens is 1. The van der Waals surface area contributed by atoms with Gasteiger partial charge >= 0.3 is 0 Å². The van der Waals surface area contributed by atoms with Gasteiger partial charge in [-0.2, -0.15) is 0 Å². The van der Waals surface area contributed by atoms with Gasteiger partial charge in [-0.3, -0.25) is 9.89 Å². The second kappa shape index (κ2) is 11.6. The van der Waals surface area contributed by atoms with E-state index < -0.39 is 0 Å². The lowest BCUT2D eigenvalue weighted by atomic mass is 9.99. The number of methoxy groups -OCH3 is 2. The Bertz CT molecular complexity index is 912. The number of para-hydroxylation sites is 1. The highest BCUT2D eigenvalue weighted by atomic mass is 127. The molecule has 0 saturated carbocycles. The summed E-state index contributed by atoms with van der Waals surface area (Å²) in [4.78, 5) is 6.80. The smallest absolute Gasteiger partial charge is 0.191 e. The van der Waals surface area contributed by atoms with Crippen LogP contribution in [0.1, 0.15) is 16.7 Å². The largest absolute Gasteiger partial charge is 0.493 e. The van der Waals surface area contributed by atoms with E-state index in [-0.39, 0.29) is 30.1 Å². The van der Waals surface area contributed by atoms with Gasteiger partial charge in [0.05, 0.1) is 20.8 Å². The predicted molar refractivity (Wildman–Crippen MR) is 138 cm³/mol. The van der Waals surface area contributed by atoms with Crippen molar-refractivity contribution in [2.24, 2.45) is 4.99 Å². The number of nitrogens with one attached hydrogen (secondary N) is 2. The molecule has 8 heteroatoms. The molecule has 2 heterocycles. The standard InChI is InChI=1S/C24H32N4O3.HI/c1-25-24(27-15-20-12-18-6-4-5-7-21(18)31-20)26-9-11-28-10-8-17-13-22(29-2)23(30-3)14-19(17)16-28;/h4-7,13-14,20H,8-12,15-16H2,1-3H3,(H2,25,26,27);1H. The van der Waals surface area contributed by atoms with E-state index in [0.717, 1.165) is 68.8 Å². The molecule has 7 nitrogen and oxygen atoms in total. The molecule has 0 aromatic heterocycles. The normalized spacial score (nSPS) is 17.5. The molecule has 2 aliphatic heterocycles. The predicted octanol–water partition coefficient (Wildman–Crippen LogP) is 2.85. The summed E-state index contributed by atoms with van der Waals surface area (Å²) in [7, 11) is 5.17. The fourth-order valence-corrected chi connectivity index (χ4v) is 4.26. The van der Waals surface area contributed by atoms with Crippen molar-refractivity contribution in [2.45, 2.75) is 25.5 Å². The Hall–Kier alpha value is -2.20. The summed E-state index contributed by atoms with van der Waals surface area (Å²) < 4.78 is 16.9. The number of nitrogens with zero attached hydrogens (tertiary/aromatic N) is 2. The molecule has 174 valence electrons. The van der Waals surface area contributed by atoms with Gasteiger partial charge in [0.1, 0.15) is 11.9 Å². The van der Waals surface area contributed by atoms with E-state index in [1.807, 2.05) is 12.1 Å². The quantitative estimate of drug-likeness (QED) is 0.313. The SMILES string of the molecule is CN=C(NCCN1CCc2cc(OC)c(OC)cc2C1)NCC1Cc2ccccc2O1.I. The Morgan fingerprint density at radius 1 is 1.09 bits per heavy atom. The van der Waals surface area contributed by atoms with Crippen molar-refractivity contribution in [2.75, 3.05) is 47.4 Å². The lowest BCUT2D eigenvalue weighted by Crippen LogP contribution is -2.45. The average molecular weight is 552 g/mol. The number of aliphatic imine (C=N–C) groups is 1. The Kier molecular flexibility index (Phi) is 8.86. The van der Waals surface area contributed by atoms with Crippen molar-refractivity contribution in [3.05, 3.63) is 53.1 Å². The van der Waals surface area contributed by atoms with Crippen LogP contribution in [0.25, 0.3) is 0 Å². The van der Waals surface area contributed by atoms with Crippen LogP contribution in [0.3, 0.4) is 0 Å². The van der Waals surface area contributed by atoms with Crippen LogP contribution < -0.4 is 24.8 Å². The van der Waals surface area contributed by atoms with Crippen LogP contribution in [0.4, 0.5) is 0 Å². The van der Waals surface area contributed by atoms with Gasteiger partial charge in [0.2, 0.25) is 0 Å². The van der Waals surface area contributed by atoms with Crippen molar-refractivity contribution < 1.29 is 14.2 Å². The van der Waals surface area contributed by atoms with E-state index in [1.54, 1.807) is 21.3 Å². The van der Waals surface area contributed by atoms with Crippen LogP contribution in [-0.2, 0) is 19.4 Å². The van der Waals surface area contributed by atoms with E-state index in [4.69, 9.17) is 14.2 Å². The molecule has 0 aliphatic carbocycles. The van der Waals surface area contributed by atoms with Gasteiger partial charge in [0.25, 0.3) is 0 Å². The number of hydrogen-bond acceptors (Lipinski definition) is 5. The maximum absolute atomic E-state index is 6.00. The average Bonchev–Trinajstić information content (AvgIpc) is 3.23. The summed E-state index contributed by atoms with van der Waals surface area (Å²) in [6.45, 7) is 4.45. The molecule has 0 bridgehead atoms. The van der Waals surface area contributed by atoms with E-state index in [0.29, 0.717) is 0 Å². The Morgan fingerprint density at radius 3 is 2.56 bits per heavy atom. The van der Waals surface area contributed by atoms with Crippen LogP contribution in [0.5, 0.6) is 17.2 Å². The molecule has 2 aliphatic rings. The molecule has 2 aromatic carbocycles. The van der Waals surface area contributed by atoms with Crippen molar-refractivity contribution in [1.29, 1.82) is 0 Å². The minimum Gasteiger partial charge on any atom is -0.493 e. The summed E-state index contributed by atoms with van der Waals surface area (Å²) in [6.07, 6.45) is 2.09. The maximum atomic E-state index is 6.00. The fourth-order valence-electron chi connectivity index (χ4n) is 4.26. The second-order valence-corrected chi connectivity index (χ2v) is 7.93.